The van der Waals surface area contributed by atoms with Crippen molar-refractivity contribution in [3.05, 3.63) is 40.4 Å². The largest absolute Gasteiger partial charge is 0.348 e. The Morgan fingerprint density at radius 1 is 1.30 bits per heavy atom. The lowest BCUT2D eigenvalue weighted by molar-refractivity contribution is 0.0919. The molecule has 2 fully saturated rings. The third kappa shape index (κ3) is 3.27. The molecular formula is C17H18ClN3OS. The van der Waals surface area contributed by atoms with Crippen molar-refractivity contribution in [1.82, 2.24) is 15.6 Å². The number of hydrogen-bond donors (Lipinski definition) is 2. The Bertz CT molecular complexity index is 720. The molecule has 1 aromatic heterocycles. The Hall–Kier alpha value is -1.43. The van der Waals surface area contributed by atoms with E-state index in [2.05, 4.69) is 15.6 Å². The van der Waals surface area contributed by atoms with Crippen molar-refractivity contribution >= 4 is 28.8 Å². The number of thiazole rings is 1. The second-order valence-corrected chi connectivity index (χ2v) is 7.62. The van der Waals surface area contributed by atoms with E-state index in [0.717, 1.165) is 23.4 Å². The molecule has 2 aromatic rings. The van der Waals surface area contributed by atoms with Crippen molar-refractivity contribution in [2.75, 3.05) is 0 Å². The number of rotatable bonds is 3. The molecule has 2 N–H and O–H groups in total. The molecule has 120 valence electrons. The second kappa shape index (κ2) is 6.23. The molecule has 0 spiro atoms. The Kier molecular flexibility index (Phi) is 4.09. The van der Waals surface area contributed by atoms with E-state index in [4.69, 9.17) is 11.6 Å². The van der Waals surface area contributed by atoms with Gasteiger partial charge in [-0.25, -0.2) is 4.98 Å². The predicted octanol–water partition coefficient (Wildman–Crippen LogP) is 3.48. The zero-order valence-corrected chi connectivity index (χ0v) is 14.2. The van der Waals surface area contributed by atoms with Crippen molar-refractivity contribution in [1.29, 1.82) is 0 Å². The molecule has 2 unspecified atom stereocenters. The van der Waals surface area contributed by atoms with Crippen LogP contribution in [0.2, 0.25) is 5.02 Å². The summed E-state index contributed by atoms with van der Waals surface area (Å²) in [5, 5.41) is 10.1. The molecule has 0 radical (unpaired) electrons. The van der Waals surface area contributed by atoms with Gasteiger partial charge >= 0.3 is 0 Å². The maximum absolute atomic E-state index is 12.4. The van der Waals surface area contributed by atoms with Crippen LogP contribution in [-0.2, 0) is 0 Å². The average molecular weight is 348 g/mol. The molecule has 2 bridgehead atoms. The predicted molar refractivity (Wildman–Crippen MR) is 93.0 cm³/mol. The first-order valence-electron chi connectivity index (χ1n) is 7.96. The molecule has 2 atom stereocenters. The molecule has 3 heterocycles. The summed E-state index contributed by atoms with van der Waals surface area (Å²) in [6.07, 6.45) is 4.50. The number of fused-ring (bicyclic) bond motifs is 2. The Balaban J connectivity index is 1.45. The van der Waals surface area contributed by atoms with Crippen molar-refractivity contribution in [3.8, 4) is 10.6 Å². The fourth-order valence-electron chi connectivity index (χ4n) is 3.57. The Morgan fingerprint density at radius 3 is 2.83 bits per heavy atom. The fourth-order valence-corrected chi connectivity index (χ4v) is 4.55. The van der Waals surface area contributed by atoms with Crippen molar-refractivity contribution in [3.63, 3.8) is 0 Å². The topological polar surface area (TPSA) is 54.0 Å². The number of nitrogens with one attached hydrogen (secondary N) is 2. The van der Waals surface area contributed by atoms with Crippen LogP contribution < -0.4 is 10.6 Å². The van der Waals surface area contributed by atoms with Crippen LogP contribution in [0.4, 0.5) is 0 Å². The van der Waals surface area contributed by atoms with Gasteiger partial charge < -0.3 is 10.6 Å². The minimum absolute atomic E-state index is 0.0687. The van der Waals surface area contributed by atoms with Crippen LogP contribution >= 0.6 is 22.9 Å². The number of carbonyl (C=O) groups is 1. The monoisotopic (exact) mass is 347 g/mol. The highest BCUT2D eigenvalue weighted by atomic mass is 35.5. The van der Waals surface area contributed by atoms with Crippen LogP contribution in [0, 0.1) is 0 Å². The highest BCUT2D eigenvalue weighted by molar-refractivity contribution is 7.13. The summed E-state index contributed by atoms with van der Waals surface area (Å²) in [6.45, 7) is 0. The smallest absolute Gasteiger partial charge is 0.270 e. The summed E-state index contributed by atoms with van der Waals surface area (Å²) in [7, 11) is 0. The minimum atomic E-state index is -0.0687. The zero-order chi connectivity index (χ0) is 15.8. The van der Waals surface area contributed by atoms with Gasteiger partial charge in [0, 0.05) is 34.1 Å². The molecule has 4 nitrogen and oxygen atoms in total. The summed E-state index contributed by atoms with van der Waals surface area (Å²) < 4.78 is 0. The Morgan fingerprint density at radius 2 is 2.09 bits per heavy atom. The number of nitrogens with zero attached hydrogens (tertiary/aromatic N) is 1. The molecule has 2 saturated heterocycles. The summed E-state index contributed by atoms with van der Waals surface area (Å²) in [5.74, 6) is -0.0687. The molecule has 2 aliphatic rings. The van der Waals surface area contributed by atoms with E-state index in [1.165, 1.54) is 24.2 Å². The molecule has 6 heteroatoms. The number of hydrogen-bond acceptors (Lipinski definition) is 4. The molecule has 0 aliphatic carbocycles. The van der Waals surface area contributed by atoms with E-state index >= 15 is 0 Å². The van der Waals surface area contributed by atoms with Gasteiger partial charge in [-0.15, -0.1) is 11.3 Å². The van der Waals surface area contributed by atoms with Gasteiger partial charge in [-0.3, -0.25) is 4.79 Å². The van der Waals surface area contributed by atoms with Crippen LogP contribution in [0.5, 0.6) is 0 Å². The van der Waals surface area contributed by atoms with E-state index in [9.17, 15) is 4.79 Å². The number of amides is 1. The lowest BCUT2D eigenvalue weighted by Crippen LogP contribution is -2.48. The van der Waals surface area contributed by atoms with Gasteiger partial charge in [-0.05, 0) is 37.8 Å². The molecule has 23 heavy (non-hydrogen) atoms. The molecule has 1 aromatic carbocycles. The molecular weight excluding hydrogens is 330 g/mol. The lowest BCUT2D eigenvalue weighted by atomic mass is 10.00. The van der Waals surface area contributed by atoms with Gasteiger partial charge in [0.25, 0.3) is 5.91 Å². The average Bonchev–Trinajstić information content (AvgIpc) is 3.14. The van der Waals surface area contributed by atoms with Gasteiger partial charge in [0.05, 0.1) is 0 Å². The number of piperidine rings is 1. The van der Waals surface area contributed by atoms with Crippen molar-refractivity contribution < 1.29 is 4.79 Å². The van der Waals surface area contributed by atoms with E-state index in [1.54, 1.807) is 0 Å². The van der Waals surface area contributed by atoms with Gasteiger partial charge in [0.1, 0.15) is 10.7 Å². The molecule has 4 rings (SSSR count). The summed E-state index contributed by atoms with van der Waals surface area (Å²) >= 11 is 7.49. The lowest BCUT2D eigenvalue weighted by Gasteiger charge is -2.29. The molecule has 0 saturated carbocycles. The van der Waals surface area contributed by atoms with Gasteiger partial charge in [-0.1, -0.05) is 23.7 Å². The first kappa shape index (κ1) is 15.1. The minimum Gasteiger partial charge on any atom is -0.348 e. The van der Waals surface area contributed by atoms with Crippen molar-refractivity contribution in [2.45, 2.75) is 43.8 Å². The van der Waals surface area contributed by atoms with Crippen LogP contribution in [0.25, 0.3) is 10.6 Å². The van der Waals surface area contributed by atoms with Gasteiger partial charge in [-0.2, -0.15) is 0 Å². The van der Waals surface area contributed by atoms with Crippen LogP contribution in [0.15, 0.2) is 29.6 Å². The summed E-state index contributed by atoms with van der Waals surface area (Å²) in [5.41, 5.74) is 1.44. The number of carbonyl (C=O) groups excluding carboxylic acids is 1. The first-order chi connectivity index (χ1) is 11.2. The van der Waals surface area contributed by atoms with E-state index in [1.807, 2.05) is 29.6 Å². The third-order valence-corrected chi connectivity index (χ3v) is 5.74. The SMILES string of the molecule is O=C(NC1CC2CCC(C1)N2)c1csc(-c2cccc(Cl)c2)n1. The third-order valence-electron chi connectivity index (χ3n) is 4.62. The second-order valence-electron chi connectivity index (χ2n) is 6.33. The zero-order valence-electron chi connectivity index (χ0n) is 12.6. The van der Waals surface area contributed by atoms with Crippen molar-refractivity contribution in [2.24, 2.45) is 0 Å². The number of halogens is 1. The number of benzene rings is 1. The van der Waals surface area contributed by atoms with E-state index in [0.29, 0.717) is 22.8 Å². The summed E-state index contributed by atoms with van der Waals surface area (Å²) in [6, 6.07) is 8.94. The highest BCUT2D eigenvalue weighted by Gasteiger charge is 2.34. The Labute approximate surface area is 144 Å². The van der Waals surface area contributed by atoms with E-state index < -0.39 is 0 Å². The standard InChI is InChI=1S/C17H18ClN3OS/c18-11-3-1-2-10(6-11)17-21-15(9-23-17)16(22)20-14-7-12-4-5-13(8-14)19-12/h1-3,6,9,12-14,19H,4-5,7-8H2,(H,20,22). The maximum Gasteiger partial charge on any atom is 0.270 e. The highest BCUT2D eigenvalue weighted by Crippen LogP contribution is 2.28. The fraction of sp³-hybridized carbons (Fsp3) is 0.412. The normalized spacial score (nSPS) is 26.2. The first-order valence-corrected chi connectivity index (χ1v) is 9.21. The summed E-state index contributed by atoms with van der Waals surface area (Å²) in [4.78, 5) is 16.9. The van der Waals surface area contributed by atoms with E-state index in [-0.39, 0.29) is 11.9 Å². The molecule has 1 amide bonds. The van der Waals surface area contributed by atoms with Crippen LogP contribution in [-0.4, -0.2) is 29.0 Å². The van der Waals surface area contributed by atoms with Crippen LogP contribution in [0.1, 0.15) is 36.2 Å². The number of aromatic nitrogens is 1. The van der Waals surface area contributed by atoms with Gasteiger partial charge in [0.2, 0.25) is 0 Å². The van der Waals surface area contributed by atoms with Crippen LogP contribution in [0.3, 0.4) is 0 Å². The van der Waals surface area contributed by atoms with Gasteiger partial charge in [0.15, 0.2) is 0 Å². The quantitative estimate of drug-likeness (QED) is 0.893. The molecule has 2 aliphatic heterocycles. The maximum atomic E-state index is 12.4.